The molecule has 0 saturated carbocycles. The number of hydrogen-bond donors (Lipinski definition) is 1. The van der Waals surface area contributed by atoms with Crippen molar-refractivity contribution in [2.75, 3.05) is 49.7 Å². The molecule has 1 fully saturated rings. The fourth-order valence-corrected chi connectivity index (χ4v) is 2.94. The van der Waals surface area contributed by atoms with Gasteiger partial charge >= 0.3 is 5.97 Å². The molecule has 0 aliphatic carbocycles. The average Bonchev–Trinajstić information content (AvgIpc) is 2.77. The smallest absolute Gasteiger partial charge is 0.338 e. The van der Waals surface area contributed by atoms with E-state index < -0.39 is 5.97 Å². The minimum atomic E-state index is -0.553. The monoisotopic (exact) mass is 412 g/mol. The highest BCUT2D eigenvalue weighted by atomic mass is 16.5. The van der Waals surface area contributed by atoms with E-state index in [1.54, 1.807) is 24.3 Å². The van der Waals surface area contributed by atoms with E-state index in [9.17, 15) is 9.59 Å². The summed E-state index contributed by atoms with van der Waals surface area (Å²) in [6, 6.07) is 14.3. The molecule has 0 radical (unpaired) electrons. The summed E-state index contributed by atoms with van der Waals surface area (Å²) in [4.78, 5) is 26.5. The molecule has 2 aromatic rings. The number of morpholine rings is 1. The predicted octanol–water partition coefficient (Wildman–Crippen LogP) is 3.35. The molecule has 7 nitrogen and oxygen atoms in total. The molecule has 1 aliphatic heterocycles. The lowest BCUT2D eigenvalue weighted by Crippen LogP contribution is -2.36. The van der Waals surface area contributed by atoms with Gasteiger partial charge < -0.3 is 24.4 Å². The third-order valence-corrected chi connectivity index (χ3v) is 4.54. The van der Waals surface area contributed by atoms with Crippen LogP contribution in [-0.2, 0) is 14.3 Å². The quantitative estimate of drug-likeness (QED) is 0.670. The van der Waals surface area contributed by atoms with Crippen LogP contribution in [0.2, 0.25) is 0 Å². The Morgan fingerprint density at radius 3 is 2.33 bits per heavy atom. The molecule has 1 N–H and O–H groups in total. The Kier molecular flexibility index (Phi) is 7.68. The lowest BCUT2D eigenvalue weighted by Gasteiger charge is -2.28. The number of rotatable bonds is 8. The SMILES string of the molecule is CC(C)COc1ccc(C(=O)OCC(=O)Nc2ccc(N3CCOCC3)cc2)cc1. The molecular weight excluding hydrogens is 384 g/mol. The van der Waals surface area contributed by atoms with Gasteiger partial charge in [0.05, 0.1) is 25.4 Å². The molecule has 0 aromatic heterocycles. The minimum absolute atomic E-state index is 0.352. The van der Waals surface area contributed by atoms with Crippen LogP contribution >= 0.6 is 0 Å². The molecule has 3 rings (SSSR count). The fourth-order valence-electron chi connectivity index (χ4n) is 2.94. The fraction of sp³-hybridized carbons (Fsp3) is 0.391. The van der Waals surface area contributed by atoms with Crippen molar-refractivity contribution in [3.05, 3.63) is 54.1 Å². The van der Waals surface area contributed by atoms with Gasteiger partial charge in [-0.1, -0.05) is 13.8 Å². The number of ether oxygens (including phenoxy) is 3. The number of esters is 1. The van der Waals surface area contributed by atoms with Gasteiger partial charge in [0.25, 0.3) is 5.91 Å². The summed E-state index contributed by atoms with van der Waals surface area (Å²) in [5.41, 5.74) is 2.11. The molecule has 1 saturated heterocycles. The Bertz CT molecular complexity index is 828. The first-order valence-corrected chi connectivity index (χ1v) is 10.1. The number of anilines is 2. The first kappa shape index (κ1) is 21.6. The molecule has 1 heterocycles. The van der Waals surface area contributed by atoms with E-state index in [4.69, 9.17) is 14.2 Å². The first-order valence-electron chi connectivity index (χ1n) is 10.1. The lowest BCUT2D eigenvalue weighted by atomic mass is 10.2. The van der Waals surface area contributed by atoms with Crippen molar-refractivity contribution in [3.63, 3.8) is 0 Å². The van der Waals surface area contributed by atoms with Crippen LogP contribution in [0.4, 0.5) is 11.4 Å². The topological polar surface area (TPSA) is 77.1 Å². The Morgan fingerprint density at radius 1 is 1.03 bits per heavy atom. The standard InChI is InChI=1S/C23H28N2O5/c1-17(2)15-29-21-9-3-18(4-10-21)23(27)30-16-22(26)24-19-5-7-20(8-6-19)25-11-13-28-14-12-25/h3-10,17H,11-16H2,1-2H3,(H,24,26). The van der Waals surface area contributed by atoms with Crippen molar-refractivity contribution in [2.24, 2.45) is 5.92 Å². The molecular formula is C23H28N2O5. The van der Waals surface area contributed by atoms with Gasteiger partial charge in [0.2, 0.25) is 0 Å². The molecule has 1 aliphatic rings. The first-order chi connectivity index (χ1) is 14.5. The minimum Gasteiger partial charge on any atom is -0.493 e. The summed E-state index contributed by atoms with van der Waals surface area (Å²) >= 11 is 0. The zero-order valence-corrected chi connectivity index (χ0v) is 17.4. The van der Waals surface area contributed by atoms with Crippen molar-refractivity contribution < 1.29 is 23.8 Å². The normalized spacial score (nSPS) is 13.8. The van der Waals surface area contributed by atoms with Gasteiger partial charge in [-0.15, -0.1) is 0 Å². The number of carbonyl (C=O) groups excluding carboxylic acids is 2. The second-order valence-corrected chi connectivity index (χ2v) is 7.50. The van der Waals surface area contributed by atoms with Crippen molar-refractivity contribution in [3.8, 4) is 5.75 Å². The number of hydrogen-bond acceptors (Lipinski definition) is 6. The highest BCUT2D eigenvalue weighted by Gasteiger charge is 2.13. The number of benzene rings is 2. The Labute approximate surface area is 176 Å². The second kappa shape index (κ2) is 10.6. The van der Waals surface area contributed by atoms with Gasteiger partial charge in [0, 0.05) is 24.5 Å². The van der Waals surface area contributed by atoms with Crippen LogP contribution in [0.1, 0.15) is 24.2 Å². The van der Waals surface area contributed by atoms with Crippen molar-refractivity contribution >= 4 is 23.3 Å². The highest BCUT2D eigenvalue weighted by Crippen LogP contribution is 2.19. The summed E-state index contributed by atoms with van der Waals surface area (Å²) in [5.74, 6) is 0.171. The Morgan fingerprint density at radius 2 is 1.70 bits per heavy atom. The molecule has 0 unspecified atom stereocenters. The number of nitrogens with zero attached hydrogens (tertiary/aromatic N) is 1. The largest absolute Gasteiger partial charge is 0.493 e. The van der Waals surface area contributed by atoms with E-state index in [-0.39, 0.29) is 12.5 Å². The van der Waals surface area contributed by atoms with Crippen LogP contribution in [0.25, 0.3) is 0 Å². The number of amides is 1. The van der Waals surface area contributed by atoms with Gasteiger partial charge in [-0.25, -0.2) is 4.79 Å². The van der Waals surface area contributed by atoms with Crippen molar-refractivity contribution in [1.82, 2.24) is 0 Å². The van der Waals surface area contributed by atoms with Crippen LogP contribution in [-0.4, -0.2) is 51.4 Å². The maximum Gasteiger partial charge on any atom is 0.338 e. The second-order valence-electron chi connectivity index (χ2n) is 7.50. The van der Waals surface area contributed by atoms with E-state index in [0.717, 1.165) is 32.0 Å². The van der Waals surface area contributed by atoms with Crippen LogP contribution in [0.3, 0.4) is 0 Å². The van der Waals surface area contributed by atoms with E-state index in [1.165, 1.54) is 0 Å². The summed E-state index contributed by atoms with van der Waals surface area (Å²) in [6.07, 6.45) is 0. The summed E-state index contributed by atoms with van der Waals surface area (Å²) in [7, 11) is 0. The molecule has 160 valence electrons. The van der Waals surface area contributed by atoms with Gasteiger partial charge in [0.15, 0.2) is 6.61 Å². The van der Waals surface area contributed by atoms with Crippen LogP contribution in [0.5, 0.6) is 5.75 Å². The maximum atomic E-state index is 12.1. The van der Waals surface area contributed by atoms with Crippen LogP contribution in [0, 0.1) is 5.92 Å². The van der Waals surface area contributed by atoms with Crippen LogP contribution < -0.4 is 15.0 Å². The Balaban J connectivity index is 1.44. The highest BCUT2D eigenvalue weighted by molar-refractivity contribution is 5.95. The third kappa shape index (κ3) is 6.49. The molecule has 1 amide bonds. The van der Waals surface area contributed by atoms with Crippen LogP contribution in [0.15, 0.2) is 48.5 Å². The average molecular weight is 412 g/mol. The van der Waals surface area contributed by atoms with Gasteiger partial charge in [-0.05, 0) is 54.4 Å². The molecule has 0 bridgehead atoms. The molecule has 30 heavy (non-hydrogen) atoms. The van der Waals surface area contributed by atoms with Gasteiger partial charge in [-0.3, -0.25) is 4.79 Å². The maximum absolute atomic E-state index is 12.1. The number of nitrogens with one attached hydrogen (secondary N) is 1. The zero-order valence-electron chi connectivity index (χ0n) is 17.4. The molecule has 2 aromatic carbocycles. The summed E-state index contributed by atoms with van der Waals surface area (Å²) in [5, 5.41) is 2.74. The number of carbonyl (C=O) groups is 2. The van der Waals surface area contributed by atoms with E-state index in [0.29, 0.717) is 29.5 Å². The third-order valence-electron chi connectivity index (χ3n) is 4.54. The predicted molar refractivity (Wildman–Crippen MR) is 115 cm³/mol. The van der Waals surface area contributed by atoms with Crippen molar-refractivity contribution in [2.45, 2.75) is 13.8 Å². The summed E-state index contributed by atoms with van der Waals surface area (Å²) < 4.78 is 16.0. The van der Waals surface area contributed by atoms with Gasteiger partial charge in [0.1, 0.15) is 5.75 Å². The molecule has 0 atom stereocenters. The van der Waals surface area contributed by atoms with E-state index in [1.807, 2.05) is 24.3 Å². The summed E-state index contributed by atoms with van der Waals surface area (Å²) in [6.45, 7) is 7.53. The van der Waals surface area contributed by atoms with E-state index in [2.05, 4.69) is 24.1 Å². The molecule has 7 heteroatoms. The zero-order chi connectivity index (χ0) is 21.3. The van der Waals surface area contributed by atoms with Gasteiger partial charge in [-0.2, -0.15) is 0 Å². The molecule has 0 spiro atoms. The Hall–Kier alpha value is -3.06. The van der Waals surface area contributed by atoms with E-state index >= 15 is 0 Å². The van der Waals surface area contributed by atoms with Crippen molar-refractivity contribution in [1.29, 1.82) is 0 Å². The lowest BCUT2D eigenvalue weighted by molar-refractivity contribution is -0.119.